The molecule has 0 bridgehead atoms. The highest BCUT2D eigenvalue weighted by atomic mass is 16.1. The Labute approximate surface area is 95.0 Å². The van der Waals surface area contributed by atoms with Gasteiger partial charge < -0.3 is 9.69 Å². The first kappa shape index (κ1) is 14.6. The largest absolute Gasteiger partial charge is 0.303 e. The summed E-state index contributed by atoms with van der Waals surface area (Å²) in [5.41, 5.74) is 0. The zero-order valence-corrected chi connectivity index (χ0v) is 10.8. The van der Waals surface area contributed by atoms with Gasteiger partial charge in [0.2, 0.25) is 0 Å². The van der Waals surface area contributed by atoms with Gasteiger partial charge in [-0.25, -0.2) is 0 Å². The molecule has 0 aliphatic rings. The minimum absolute atomic E-state index is 0.719. The van der Waals surface area contributed by atoms with Crippen molar-refractivity contribution in [3.8, 4) is 0 Å². The maximum Gasteiger partial charge on any atom is 0.119 e. The molecule has 0 saturated carbocycles. The number of nitrogens with zero attached hydrogens (tertiary/aromatic N) is 1. The number of rotatable bonds is 9. The summed E-state index contributed by atoms with van der Waals surface area (Å²) >= 11 is 0. The maximum absolute atomic E-state index is 10.2. The van der Waals surface area contributed by atoms with E-state index >= 15 is 0 Å². The van der Waals surface area contributed by atoms with E-state index in [1.54, 1.807) is 0 Å². The van der Waals surface area contributed by atoms with Crippen LogP contribution in [0.1, 0.15) is 47.0 Å². The van der Waals surface area contributed by atoms with Gasteiger partial charge in [-0.1, -0.05) is 27.7 Å². The Hall–Kier alpha value is -0.370. The summed E-state index contributed by atoms with van der Waals surface area (Å²) in [5, 5.41) is 0. The Bertz CT molecular complexity index is 145. The van der Waals surface area contributed by atoms with Crippen LogP contribution in [-0.2, 0) is 4.79 Å². The van der Waals surface area contributed by atoms with E-state index in [2.05, 4.69) is 32.6 Å². The molecule has 0 aromatic rings. The van der Waals surface area contributed by atoms with Gasteiger partial charge in [0.15, 0.2) is 0 Å². The molecule has 0 spiro atoms. The van der Waals surface area contributed by atoms with E-state index in [0.29, 0.717) is 0 Å². The van der Waals surface area contributed by atoms with Gasteiger partial charge in [-0.3, -0.25) is 0 Å². The molecule has 0 fully saturated rings. The van der Waals surface area contributed by atoms with E-state index < -0.39 is 0 Å². The normalized spacial score (nSPS) is 11.7. The molecule has 0 N–H and O–H groups in total. The number of hydrogen-bond donors (Lipinski definition) is 0. The smallest absolute Gasteiger partial charge is 0.119 e. The standard InChI is InChI=1S/C13H27NO/c1-12(2)10-14(11-13(3)4)8-6-5-7-9-15/h9,12-13H,5-8,10-11H2,1-4H3. The second kappa shape index (κ2) is 8.90. The van der Waals surface area contributed by atoms with Crippen molar-refractivity contribution in [1.29, 1.82) is 0 Å². The fourth-order valence-electron chi connectivity index (χ4n) is 1.85. The van der Waals surface area contributed by atoms with Gasteiger partial charge in [0, 0.05) is 19.5 Å². The molecular weight excluding hydrogens is 186 g/mol. The third-order valence-electron chi connectivity index (χ3n) is 2.29. The molecule has 0 unspecified atom stereocenters. The molecule has 0 aliphatic heterocycles. The van der Waals surface area contributed by atoms with Crippen molar-refractivity contribution in [3.63, 3.8) is 0 Å². The molecule has 0 aliphatic carbocycles. The number of carbonyl (C=O) groups is 1. The third-order valence-corrected chi connectivity index (χ3v) is 2.29. The highest BCUT2D eigenvalue weighted by molar-refractivity contribution is 5.48. The fraction of sp³-hybridized carbons (Fsp3) is 0.923. The van der Waals surface area contributed by atoms with Gasteiger partial charge in [0.25, 0.3) is 0 Å². The van der Waals surface area contributed by atoms with Crippen molar-refractivity contribution in [1.82, 2.24) is 4.90 Å². The Morgan fingerprint density at radius 1 is 1.00 bits per heavy atom. The minimum Gasteiger partial charge on any atom is -0.303 e. The number of aldehydes is 1. The minimum atomic E-state index is 0.719. The lowest BCUT2D eigenvalue weighted by Gasteiger charge is -2.25. The Kier molecular flexibility index (Phi) is 8.68. The van der Waals surface area contributed by atoms with Crippen LogP contribution in [0.15, 0.2) is 0 Å². The van der Waals surface area contributed by atoms with Crippen LogP contribution in [0.25, 0.3) is 0 Å². The molecule has 0 aromatic heterocycles. The summed E-state index contributed by atoms with van der Waals surface area (Å²) in [7, 11) is 0. The van der Waals surface area contributed by atoms with Crippen molar-refractivity contribution in [2.45, 2.75) is 47.0 Å². The SMILES string of the molecule is CC(C)CN(CCCCC=O)CC(C)C. The summed E-state index contributed by atoms with van der Waals surface area (Å²) in [6, 6.07) is 0. The predicted octanol–water partition coefficient (Wildman–Crippen LogP) is 2.97. The molecule has 0 radical (unpaired) electrons. The predicted molar refractivity (Wildman–Crippen MR) is 66.0 cm³/mol. The second-order valence-corrected chi connectivity index (χ2v) is 5.21. The lowest BCUT2D eigenvalue weighted by atomic mass is 10.1. The van der Waals surface area contributed by atoms with Gasteiger partial charge in [-0.15, -0.1) is 0 Å². The quantitative estimate of drug-likeness (QED) is 0.433. The molecule has 0 rings (SSSR count). The highest BCUT2D eigenvalue weighted by Crippen LogP contribution is 2.06. The number of unbranched alkanes of at least 4 members (excludes halogenated alkanes) is 2. The molecule has 0 saturated heterocycles. The van der Waals surface area contributed by atoms with Crippen LogP contribution >= 0.6 is 0 Å². The molecule has 2 heteroatoms. The molecule has 0 amide bonds. The Morgan fingerprint density at radius 3 is 1.93 bits per heavy atom. The zero-order chi connectivity index (χ0) is 11.7. The van der Waals surface area contributed by atoms with Crippen LogP contribution < -0.4 is 0 Å². The van der Waals surface area contributed by atoms with Crippen molar-refractivity contribution in [3.05, 3.63) is 0 Å². The van der Waals surface area contributed by atoms with Crippen LogP contribution in [0.2, 0.25) is 0 Å². The van der Waals surface area contributed by atoms with Crippen molar-refractivity contribution in [2.24, 2.45) is 11.8 Å². The van der Waals surface area contributed by atoms with E-state index in [1.165, 1.54) is 13.1 Å². The van der Waals surface area contributed by atoms with Gasteiger partial charge in [-0.05, 0) is 31.2 Å². The number of carbonyl (C=O) groups excluding carboxylic acids is 1. The molecule has 0 aromatic carbocycles. The van der Waals surface area contributed by atoms with E-state index in [9.17, 15) is 4.79 Å². The summed E-state index contributed by atoms with van der Waals surface area (Å²) in [6.07, 6.45) is 3.93. The first-order valence-electron chi connectivity index (χ1n) is 6.22. The molecule has 15 heavy (non-hydrogen) atoms. The topological polar surface area (TPSA) is 20.3 Å². The second-order valence-electron chi connectivity index (χ2n) is 5.21. The van der Waals surface area contributed by atoms with E-state index in [1.807, 2.05) is 0 Å². The van der Waals surface area contributed by atoms with Crippen LogP contribution in [0.5, 0.6) is 0 Å². The summed E-state index contributed by atoms with van der Waals surface area (Å²) in [6.45, 7) is 12.6. The average Bonchev–Trinajstić information content (AvgIpc) is 2.10. The van der Waals surface area contributed by atoms with Crippen LogP contribution in [0.3, 0.4) is 0 Å². The summed E-state index contributed by atoms with van der Waals surface area (Å²) in [4.78, 5) is 12.7. The summed E-state index contributed by atoms with van der Waals surface area (Å²) < 4.78 is 0. The van der Waals surface area contributed by atoms with Crippen LogP contribution in [0, 0.1) is 11.8 Å². The molecule has 2 nitrogen and oxygen atoms in total. The molecule has 0 heterocycles. The first-order valence-corrected chi connectivity index (χ1v) is 6.22. The van der Waals surface area contributed by atoms with E-state index in [4.69, 9.17) is 0 Å². The fourth-order valence-corrected chi connectivity index (χ4v) is 1.85. The van der Waals surface area contributed by atoms with Crippen LogP contribution in [0.4, 0.5) is 0 Å². The van der Waals surface area contributed by atoms with E-state index in [0.717, 1.165) is 43.9 Å². The van der Waals surface area contributed by atoms with E-state index in [-0.39, 0.29) is 0 Å². The molecule has 0 atom stereocenters. The highest BCUT2D eigenvalue weighted by Gasteiger charge is 2.08. The average molecular weight is 213 g/mol. The van der Waals surface area contributed by atoms with Gasteiger partial charge in [0.05, 0.1) is 0 Å². The Balaban J connectivity index is 3.74. The van der Waals surface area contributed by atoms with Crippen molar-refractivity contribution < 1.29 is 4.79 Å². The summed E-state index contributed by atoms with van der Waals surface area (Å²) in [5.74, 6) is 1.46. The van der Waals surface area contributed by atoms with Gasteiger partial charge in [0.1, 0.15) is 6.29 Å². The van der Waals surface area contributed by atoms with Crippen LogP contribution in [-0.4, -0.2) is 30.8 Å². The lowest BCUT2D eigenvalue weighted by molar-refractivity contribution is -0.107. The van der Waals surface area contributed by atoms with Gasteiger partial charge in [-0.2, -0.15) is 0 Å². The Morgan fingerprint density at radius 2 is 1.53 bits per heavy atom. The van der Waals surface area contributed by atoms with Crippen molar-refractivity contribution in [2.75, 3.05) is 19.6 Å². The monoisotopic (exact) mass is 213 g/mol. The first-order chi connectivity index (χ1) is 7.06. The molecular formula is C13H27NO. The maximum atomic E-state index is 10.2. The number of hydrogen-bond acceptors (Lipinski definition) is 2. The van der Waals surface area contributed by atoms with Gasteiger partial charge >= 0.3 is 0 Å². The molecule has 90 valence electrons. The zero-order valence-electron chi connectivity index (χ0n) is 10.8. The lowest BCUT2D eigenvalue weighted by Crippen LogP contribution is -2.32. The third kappa shape index (κ3) is 9.92. The van der Waals surface area contributed by atoms with Crippen molar-refractivity contribution >= 4 is 6.29 Å².